The molecule has 1 N–H and O–H groups in total. The Morgan fingerprint density at radius 1 is 0.929 bits per heavy atom. The summed E-state index contributed by atoms with van der Waals surface area (Å²) in [6, 6.07) is 10.6. The zero-order chi connectivity index (χ0) is 19.9. The molecule has 0 saturated carbocycles. The quantitative estimate of drug-likeness (QED) is 0.575. The first-order valence-electron chi connectivity index (χ1n) is 8.28. The van der Waals surface area contributed by atoms with Crippen molar-refractivity contribution in [1.29, 1.82) is 0 Å². The average molecular weight is 385 g/mol. The molecule has 10 heteroatoms. The van der Waals surface area contributed by atoms with Gasteiger partial charge in [-0.1, -0.05) is 0 Å². The summed E-state index contributed by atoms with van der Waals surface area (Å²) >= 11 is 0. The molecule has 0 unspecified atom stereocenters. The molecule has 4 rings (SSSR count). The number of nitrogens with zero attached hydrogens (tertiary/aromatic N) is 6. The molecule has 3 aromatic heterocycles. The second-order valence-corrected chi connectivity index (χ2v) is 6.15. The smallest absolute Gasteiger partial charge is 0.340 e. The molecule has 0 aliphatic heterocycles. The topological polar surface area (TPSA) is 80.9 Å². The van der Waals surface area contributed by atoms with Crippen LogP contribution >= 0.6 is 0 Å². The molecule has 0 spiro atoms. The normalized spacial score (nSPS) is 11.8. The van der Waals surface area contributed by atoms with Crippen LogP contribution in [0.1, 0.15) is 17.2 Å². The van der Waals surface area contributed by atoms with E-state index in [4.69, 9.17) is 0 Å². The van der Waals surface area contributed by atoms with Crippen molar-refractivity contribution in [2.24, 2.45) is 0 Å². The van der Waals surface area contributed by atoms with Gasteiger partial charge in [-0.2, -0.15) is 22.7 Å². The van der Waals surface area contributed by atoms with Crippen LogP contribution in [-0.2, 0) is 6.18 Å². The van der Waals surface area contributed by atoms with Crippen molar-refractivity contribution in [2.75, 3.05) is 5.32 Å². The van der Waals surface area contributed by atoms with Gasteiger partial charge in [-0.25, -0.2) is 15.0 Å². The summed E-state index contributed by atoms with van der Waals surface area (Å²) in [7, 11) is 0. The Morgan fingerprint density at radius 3 is 2.36 bits per heavy atom. The van der Waals surface area contributed by atoms with Crippen LogP contribution in [0.3, 0.4) is 0 Å². The van der Waals surface area contributed by atoms with E-state index in [-0.39, 0.29) is 5.78 Å². The molecule has 0 amide bonds. The monoisotopic (exact) mass is 385 g/mol. The number of hydrogen-bond acceptors (Lipinski definition) is 6. The first-order chi connectivity index (χ1) is 13.3. The standard InChI is InChI=1S/C18H14F3N7/c1-10-7-8-22-15(23-10)12-3-5-13(6-4-12)25-14-9-11(2)24-17-26-16(18(19,20)21)27-28(14)17/h3-9,25H,1-2H3. The minimum absolute atomic E-state index is 0.125. The van der Waals surface area contributed by atoms with Crippen molar-refractivity contribution in [2.45, 2.75) is 20.0 Å². The molecule has 0 saturated heterocycles. The summed E-state index contributed by atoms with van der Waals surface area (Å²) in [5.41, 5.74) is 2.85. The van der Waals surface area contributed by atoms with Crippen molar-refractivity contribution >= 4 is 17.3 Å². The van der Waals surface area contributed by atoms with Crippen molar-refractivity contribution in [3.8, 4) is 11.4 Å². The Kier molecular flexibility index (Phi) is 4.17. The predicted octanol–water partition coefficient (Wildman–Crippen LogP) is 3.96. The number of hydrogen-bond donors (Lipinski definition) is 1. The lowest BCUT2D eigenvalue weighted by molar-refractivity contribution is -0.144. The van der Waals surface area contributed by atoms with Gasteiger partial charge in [0.2, 0.25) is 0 Å². The molecular weight excluding hydrogens is 371 g/mol. The molecule has 0 atom stereocenters. The highest BCUT2D eigenvalue weighted by atomic mass is 19.4. The number of fused-ring (bicyclic) bond motifs is 1. The number of rotatable bonds is 3. The number of alkyl halides is 3. The van der Waals surface area contributed by atoms with Crippen LogP contribution in [0.2, 0.25) is 0 Å². The molecule has 0 radical (unpaired) electrons. The second-order valence-electron chi connectivity index (χ2n) is 6.15. The SMILES string of the molecule is Cc1ccnc(-c2ccc(Nc3cc(C)nc4nc(C(F)(F)F)nn34)cc2)n1. The van der Waals surface area contributed by atoms with Gasteiger partial charge in [0.15, 0.2) is 5.82 Å². The second kappa shape index (κ2) is 6.55. The molecule has 0 fully saturated rings. The van der Waals surface area contributed by atoms with E-state index >= 15 is 0 Å². The summed E-state index contributed by atoms with van der Waals surface area (Å²) in [6.45, 7) is 3.55. The van der Waals surface area contributed by atoms with E-state index in [1.807, 2.05) is 25.1 Å². The van der Waals surface area contributed by atoms with Crippen molar-refractivity contribution in [3.63, 3.8) is 0 Å². The van der Waals surface area contributed by atoms with E-state index in [9.17, 15) is 13.2 Å². The van der Waals surface area contributed by atoms with Crippen LogP contribution in [0.4, 0.5) is 24.7 Å². The average Bonchev–Trinajstić information content (AvgIpc) is 3.07. The van der Waals surface area contributed by atoms with E-state index in [0.717, 1.165) is 15.8 Å². The highest BCUT2D eigenvalue weighted by molar-refractivity contribution is 5.64. The van der Waals surface area contributed by atoms with Gasteiger partial charge in [0, 0.05) is 34.9 Å². The lowest BCUT2D eigenvalue weighted by Gasteiger charge is -2.09. The predicted molar refractivity (Wildman–Crippen MR) is 96.0 cm³/mol. The molecule has 0 aliphatic carbocycles. The van der Waals surface area contributed by atoms with Crippen LogP contribution < -0.4 is 5.32 Å². The third kappa shape index (κ3) is 3.48. The molecule has 3 heterocycles. The van der Waals surface area contributed by atoms with Gasteiger partial charge >= 0.3 is 6.18 Å². The fourth-order valence-corrected chi connectivity index (χ4v) is 2.63. The van der Waals surface area contributed by atoms with E-state index < -0.39 is 12.0 Å². The van der Waals surface area contributed by atoms with Gasteiger partial charge in [-0.15, -0.1) is 5.10 Å². The largest absolute Gasteiger partial charge is 0.453 e. The Hall–Kier alpha value is -3.56. The Morgan fingerprint density at radius 2 is 1.68 bits per heavy atom. The molecule has 0 bridgehead atoms. The van der Waals surface area contributed by atoms with Gasteiger partial charge < -0.3 is 5.32 Å². The molecule has 4 aromatic rings. The molecular formula is C18H14F3N7. The fraction of sp³-hybridized carbons (Fsp3) is 0.167. The molecule has 0 aliphatic rings. The van der Waals surface area contributed by atoms with E-state index in [2.05, 4.69) is 30.4 Å². The van der Waals surface area contributed by atoms with Crippen LogP contribution in [0, 0.1) is 13.8 Å². The first-order valence-corrected chi connectivity index (χ1v) is 8.28. The summed E-state index contributed by atoms with van der Waals surface area (Å²) in [5.74, 6) is -0.440. The van der Waals surface area contributed by atoms with Gasteiger partial charge in [0.1, 0.15) is 5.82 Å². The highest BCUT2D eigenvalue weighted by Crippen LogP contribution is 2.28. The number of benzene rings is 1. The summed E-state index contributed by atoms with van der Waals surface area (Å²) in [5, 5.41) is 6.59. The summed E-state index contributed by atoms with van der Waals surface area (Å²) in [6.07, 6.45) is -2.96. The van der Waals surface area contributed by atoms with Gasteiger partial charge in [0.25, 0.3) is 11.6 Å². The fourth-order valence-electron chi connectivity index (χ4n) is 2.63. The molecule has 1 aromatic carbocycles. The maximum absolute atomic E-state index is 12.9. The zero-order valence-corrected chi connectivity index (χ0v) is 14.9. The summed E-state index contributed by atoms with van der Waals surface area (Å²) in [4.78, 5) is 16.1. The van der Waals surface area contributed by atoms with Crippen LogP contribution in [0.5, 0.6) is 0 Å². The highest BCUT2D eigenvalue weighted by Gasteiger charge is 2.36. The van der Waals surface area contributed by atoms with E-state index in [1.165, 1.54) is 0 Å². The lowest BCUT2D eigenvalue weighted by atomic mass is 10.2. The van der Waals surface area contributed by atoms with Gasteiger partial charge in [-0.3, -0.25) is 0 Å². The Labute approximate surface area is 157 Å². The van der Waals surface area contributed by atoms with Crippen molar-refractivity contribution in [3.05, 3.63) is 59.8 Å². The Balaban J connectivity index is 1.67. The van der Waals surface area contributed by atoms with Crippen LogP contribution in [0.25, 0.3) is 17.2 Å². The number of anilines is 2. The minimum Gasteiger partial charge on any atom is -0.340 e. The maximum atomic E-state index is 12.9. The van der Waals surface area contributed by atoms with Gasteiger partial charge in [0.05, 0.1) is 0 Å². The minimum atomic E-state index is -4.64. The lowest BCUT2D eigenvalue weighted by Crippen LogP contribution is -2.08. The molecule has 28 heavy (non-hydrogen) atoms. The third-order valence-electron chi connectivity index (χ3n) is 3.90. The van der Waals surface area contributed by atoms with E-state index in [0.29, 0.717) is 23.0 Å². The number of aryl methyl sites for hydroxylation is 2. The first kappa shape index (κ1) is 17.8. The molecule has 142 valence electrons. The number of halogens is 3. The maximum Gasteiger partial charge on any atom is 0.453 e. The number of nitrogens with one attached hydrogen (secondary N) is 1. The third-order valence-corrected chi connectivity index (χ3v) is 3.90. The van der Waals surface area contributed by atoms with Crippen LogP contribution in [-0.4, -0.2) is 29.5 Å². The Bertz CT molecular complexity index is 1150. The zero-order valence-electron chi connectivity index (χ0n) is 14.9. The number of aromatic nitrogens is 6. The van der Waals surface area contributed by atoms with Crippen molar-refractivity contribution < 1.29 is 13.2 Å². The molecule has 7 nitrogen and oxygen atoms in total. The van der Waals surface area contributed by atoms with Crippen molar-refractivity contribution in [1.82, 2.24) is 29.5 Å². The summed E-state index contributed by atoms with van der Waals surface area (Å²) < 4.78 is 39.8. The van der Waals surface area contributed by atoms with Crippen LogP contribution in [0.15, 0.2) is 42.6 Å². The van der Waals surface area contributed by atoms with E-state index in [1.54, 1.807) is 31.3 Å². The van der Waals surface area contributed by atoms with Gasteiger partial charge in [-0.05, 0) is 44.2 Å².